The number of piperidine rings is 1. The maximum Gasteiger partial charge on any atom is 0.401 e. The van der Waals surface area contributed by atoms with Crippen LogP contribution in [0.2, 0.25) is 0 Å². The second kappa shape index (κ2) is 9.46. The van der Waals surface area contributed by atoms with Gasteiger partial charge in [-0.25, -0.2) is 0 Å². The van der Waals surface area contributed by atoms with Gasteiger partial charge in [0.15, 0.2) is 5.96 Å². The zero-order chi connectivity index (χ0) is 17.4. The van der Waals surface area contributed by atoms with Crippen LogP contribution in [0.25, 0.3) is 0 Å². The minimum absolute atomic E-state index is 0.0284. The van der Waals surface area contributed by atoms with E-state index in [1.54, 1.807) is 7.05 Å². The summed E-state index contributed by atoms with van der Waals surface area (Å²) in [5, 5.41) is 6.51. The Bertz CT molecular complexity index is 394. The smallest absolute Gasteiger partial charge is 0.356 e. The van der Waals surface area contributed by atoms with Crippen LogP contribution < -0.4 is 10.6 Å². The highest BCUT2D eigenvalue weighted by Crippen LogP contribution is 2.19. The summed E-state index contributed by atoms with van der Waals surface area (Å²) in [6.07, 6.45) is 1.58. The van der Waals surface area contributed by atoms with Gasteiger partial charge in [-0.1, -0.05) is 6.42 Å². The Morgan fingerprint density at radius 2 is 1.88 bits per heavy atom. The molecule has 0 spiro atoms. The number of halogens is 3. The highest BCUT2D eigenvalue weighted by molar-refractivity contribution is 5.79. The van der Waals surface area contributed by atoms with Crippen LogP contribution in [0.4, 0.5) is 13.2 Å². The fraction of sp³-hybridized carbons (Fsp3) is 0.938. The van der Waals surface area contributed by atoms with E-state index < -0.39 is 12.7 Å². The van der Waals surface area contributed by atoms with E-state index in [-0.39, 0.29) is 6.04 Å². The van der Waals surface area contributed by atoms with Crippen LogP contribution in [0.1, 0.15) is 32.1 Å². The standard InChI is InChI=1S/C16H30F3N5/c1-20-15(21-7-5-10-23-8-3-2-4-9-23)22-14-6-11-24(12-14)13-16(17,18)19/h14H,2-13H2,1H3,(H2,20,21,22)/t14-/m1/s1. The molecular weight excluding hydrogens is 319 g/mol. The zero-order valence-electron chi connectivity index (χ0n) is 14.5. The Morgan fingerprint density at radius 1 is 1.12 bits per heavy atom. The SMILES string of the molecule is CN=C(NCCCN1CCCCC1)N[C@@H]1CCN(CC(F)(F)F)C1. The van der Waals surface area contributed by atoms with Crippen molar-refractivity contribution in [3.8, 4) is 0 Å². The Hall–Kier alpha value is -1.02. The van der Waals surface area contributed by atoms with Crippen LogP contribution in [0.5, 0.6) is 0 Å². The quantitative estimate of drug-likeness (QED) is 0.435. The predicted molar refractivity (Wildman–Crippen MR) is 90.3 cm³/mol. The minimum Gasteiger partial charge on any atom is -0.356 e. The number of nitrogens with zero attached hydrogens (tertiary/aromatic N) is 3. The van der Waals surface area contributed by atoms with Crippen molar-refractivity contribution in [2.75, 3.05) is 52.9 Å². The highest BCUT2D eigenvalue weighted by atomic mass is 19.4. The van der Waals surface area contributed by atoms with Gasteiger partial charge >= 0.3 is 6.18 Å². The number of guanidine groups is 1. The van der Waals surface area contributed by atoms with Gasteiger partial charge in [-0.05, 0) is 45.3 Å². The lowest BCUT2D eigenvalue weighted by atomic mass is 10.1. The maximum absolute atomic E-state index is 12.4. The second-order valence-electron chi connectivity index (χ2n) is 6.74. The lowest BCUT2D eigenvalue weighted by Crippen LogP contribution is -2.45. The molecule has 0 aromatic rings. The van der Waals surface area contributed by atoms with Crippen LogP contribution in [0, 0.1) is 0 Å². The molecule has 5 nitrogen and oxygen atoms in total. The van der Waals surface area contributed by atoms with Crippen molar-refractivity contribution in [2.45, 2.75) is 44.3 Å². The molecule has 0 radical (unpaired) electrons. The molecule has 0 saturated carbocycles. The van der Waals surface area contributed by atoms with Gasteiger partial charge in [0, 0.05) is 32.7 Å². The lowest BCUT2D eigenvalue weighted by Gasteiger charge is -2.26. The first-order valence-corrected chi connectivity index (χ1v) is 8.95. The Balaban J connectivity index is 1.60. The summed E-state index contributed by atoms with van der Waals surface area (Å²) < 4.78 is 37.3. The second-order valence-corrected chi connectivity index (χ2v) is 6.74. The van der Waals surface area contributed by atoms with Gasteiger partial charge in [-0.3, -0.25) is 9.89 Å². The van der Waals surface area contributed by atoms with Gasteiger partial charge < -0.3 is 15.5 Å². The molecule has 140 valence electrons. The number of nitrogens with one attached hydrogen (secondary N) is 2. The van der Waals surface area contributed by atoms with Crippen molar-refractivity contribution in [3.63, 3.8) is 0 Å². The molecule has 24 heavy (non-hydrogen) atoms. The fourth-order valence-corrected chi connectivity index (χ4v) is 3.43. The summed E-state index contributed by atoms with van der Waals surface area (Å²) in [5.41, 5.74) is 0. The van der Waals surface area contributed by atoms with Crippen LogP contribution >= 0.6 is 0 Å². The van der Waals surface area contributed by atoms with E-state index in [1.165, 1.54) is 37.3 Å². The van der Waals surface area contributed by atoms with E-state index in [0.29, 0.717) is 25.5 Å². The Morgan fingerprint density at radius 3 is 2.54 bits per heavy atom. The molecule has 0 unspecified atom stereocenters. The van der Waals surface area contributed by atoms with E-state index >= 15 is 0 Å². The number of hydrogen-bond donors (Lipinski definition) is 2. The summed E-state index contributed by atoms with van der Waals surface area (Å²) in [4.78, 5) is 8.11. The molecule has 2 heterocycles. The first-order chi connectivity index (χ1) is 11.5. The summed E-state index contributed by atoms with van der Waals surface area (Å²) in [6, 6.07) is 0.0284. The molecule has 2 aliphatic heterocycles. The molecule has 8 heteroatoms. The first-order valence-electron chi connectivity index (χ1n) is 8.95. The summed E-state index contributed by atoms with van der Waals surface area (Å²) in [6.45, 7) is 4.38. The molecule has 2 rings (SSSR count). The zero-order valence-corrected chi connectivity index (χ0v) is 14.5. The topological polar surface area (TPSA) is 42.9 Å². The predicted octanol–water partition coefficient (Wildman–Crippen LogP) is 1.66. The van der Waals surface area contributed by atoms with Crippen molar-refractivity contribution in [1.29, 1.82) is 0 Å². The molecule has 2 aliphatic rings. The van der Waals surface area contributed by atoms with Crippen molar-refractivity contribution in [2.24, 2.45) is 4.99 Å². The van der Waals surface area contributed by atoms with Crippen molar-refractivity contribution >= 4 is 5.96 Å². The number of hydrogen-bond acceptors (Lipinski definition) is 3. The van der Waals surface area contributed by atoms with Gasteiger partial charge in [-0.15, -0.1) is 0 Å². The average Bonchev–Trinajstić information content (AvgIpc) is 2.96. The number of rotatable bonds is 6. The Labute approximate surface area is 142 Å². The molecule has 0 bridgehead atoms. The van der Waals surface area contributed by atoms with E-state index in [1.807, 2.05) is 0 Å². The molecule has 0 aromatic carbocycles. The molecule has 2 saturated heterocycles. The monoisotopic (exact) mass is 349 g/mol. The minimum atomic E-state index is -4.12. The van der Waals surface area contributed by atoms with Crippen LogP contribution in [-0.2, 0) is 0 Å². The first kappa shape index (κ1) is 19.3. The van der Waals surface area contributed by atoms with E-state index in [2.05, 4.69) is 20.5 Å². The van der Waals surface area contributed by atoms with Gasteiger partial charge in [0.2, 0.25) is 0 Å². The van der Waals surface area contributed by atoms with Gasteiger partial charge in [0.1, 0.15) is 0 Å². The molecule has 0 amide bonds. The molecule has 1 atom stereocenters. The van der Waals surface area contributed by atoms with Crippen LogP contribution in [-0.4, -0.2) is 80.8 Å². The third kappa shape index (κ3) is 7.25. The summed E-state index contributed by atoms with van der Waals surface area (Å²) in [7, 11) is 1.70. The normalized spacial score (nSPS) is 24.3. The summed E-state index contributed by atoms with van der Waals surface area (Å²) in [5.74, 6) is 0.688. The van der Waals surface area contributed by atoms with Gasteiger partial charge in [-0.2, -0.15) is 13.2 Å². The lowest BCUT2D eigenvalue weighted by molar-refractivity contribution is -0.143. The van der Waals surface area contributed by atoms with Crippen molar-refractivity contribution in [3.05, 3.63) is 0 Å². The molecule has 0 aromatic heterocycles. The van der Waals surface area contributed by atoms with Gasteiger partial charge in [0.25, 0.3) is 0 Å². The highest BCUT2D eigenvalue weighted by Gasteiger charge is 2.34. The summed E-state index contributed by atoms with van der Waals surface area (Å²) >= 11 is 0. The number of aliphatic imine (C=N–C) groups is 1. The number of likely N-dealkylation sites (tertiary alicyclic amines) is 2. The third-order valence-electron chi connectivity index (χ3n) is 4.63. The molecule has 2 fully saturated rings. The van der Waals surface area contributed by atoms with Crippen LogP contribution in [0.15, 0.2) is 4.99 Å². The largest absolute Gasteiger partial charge is 0.401 e. The van der Waals surface area contributed by atoms with E-state index in [4.69, 9.17) is 0 Å². The third-order valence-corrected chi connectivity index (χ3v) is 4.63. The van der Waals surface area contributed by atoms with Crippen LogP contribution in [0.3, 0.4) is 0 Å². The van der Waals surface area contributed by atoms with Crippen molar-refractivity contribution < 1.29 is 13.2 Å². The fourth-order valence-electron chi connectivity index (χ4n) is 3.43. The molecule has 2 N–H and O–H groups in total. The van der Waals surface area contributed by atoms with E-state index in [0.717, 1.165) is 19.5 Å². The Kier molecular flexibility index (Phi) is 7.61. The van der Waals surface area contributed by atoms with Gasteiger partial charge in [0.05, 0.1) is 6.54 Å². The van der Waals surface area contributed by atoms with E-state index in [9.17, 15) is 13.2 Å². The van der Waals surface area contributed by atoms with Crippen molar-refractivity contribution in [1.82, 2.24) is 20.4 Å². The molecule has 0 aliphatic carbocycles. The average molecular weight is 349 g/mol. The maximum atomic E-state index is 12.4. The number of alkyl halides is 3. The molecular formula is C16H30F3N5.